The van der Waals surface area contributed by atoms with Crippen LogP contribution in [0.3, 0.4) is 0 Å². The Kier molecular flexibility index (Phi) is 5.36. The first-order valence-corrected chi connectivity index (χ1v) is 8.77. The second kappa shape index (κ2) is 6.62. The van der Waals surface area contributed by atoms with Crippen LogP contribution in [0.25, 0.3) is 0 Å². The molecule has 0 spiro atoms. The first kappa shape index (κ1) is 15.4. The maximum absolute atomic E-state index is 3.77. The Morgan fingerprint density at radius 3 is 2.63 bits per heavy atom. The zero-order valence-electron chi connectivity index (χ0n) is 11.9. The van der Waals surface area contributed by atoms with Crippen molar-refractivity contribution in [2.24, 2.45) is 17.8 Å². The Labute approximate surface area is 133 Å². The Hall–Kier alpha value is -0.0200. The van der Waals surface area contributed by atoms with Crippen molar-refractivity contribution in [1.82, 2.24) is 0 Å². The van der Waals surface area contributed by atoms with Crippen LogP contribution in [-0.2, 0) is 0 Å². The van der Waals surface area contributed by atoms with E-state index in [1.807, 2.05) is 0 Å². The highest BCUT2D eigenvalue weighted by Crippen LogP contribution is 2.37. The normalized spacial score (nSPS) is 27.6. The summed E-state index contributed by atoms with van der Waals surface area (Å²) >= 11 is 7.20. The van der Waals surface area contributed by atoms with Crippen LogP contribution in [0, 0.1) is 17.8 Å². The van der Waals surface area contributed by atoms with Crippen LogP contribution in [0.4, 0.5) is 5.69 Å². The Morgan fingerprint density at radius 1 is 1.21 bits per heavy atom. The average molecular weight is 389 g/mol. The molecule has 1 aliphatic carbocycles. The number of hydrogen-bond donors (Lipinski definition) is 1. The summed E-state index contributed by atoms with van der Waals surface area (Å²) in [7, 11) is 0. The summed E-state index contributed by atoms with van der Waals surface area (Å²) in [6, 6.07) is 6.93. The van der Waals surface area contributed by atoms with Gasteiger partial charge in [-0.1, -0.05) is 43.1 Å². The monoisotopic (exact) mass is 387 g/mol. The van der Waals surface area contributed by atoms with E-state index in [-0.39, 0.29) is 0 Å². The van der Waals surface area contributed by atoms with Crippen molar-refractivity contribution < 1.29 is 0 Å². The first-order chi connectivity index (χ1) is 8.97. The van der Waals surface area contributed by atoms with Crippen LogP contribution in [-0.4, -0.2) is 6.04 Å². The molecule has 1 fully saturated rings. The molecule has 0 amide bonds. The van der Waals surface area contributed by atoms with Gasteiger partial charge in [0.25, 0.3) is 0 Å². The molecule has 0 radical (unpaired) electrons. The van der Waals surface area contributed by atoms with Gasteiger partial charge in [-0.05, 0) is 64.7 Å². The molecule has 0 bridgehead atoms. The molecule has 3 unspecified atom stereocenters. The Morgan fingerprint density at radius 2 is 1.95 bits per heavy atom. The van der Waals surface area contributed by atoms with E-state index in [9.17, 15) is 0 Å². The van der Waals surface area contributed by atoms with Crippen molar-refractivity contribution in [3.05, 3.63) is 27.1 Å². The molecule has 1 nitrogen and oxygen atoms in total. The van der Waals surface area contributed by atoms with Gasteiger partial charge < -0.3 is 5.32 Å². The van der Waals surface area contributed by atoms with Gasteiger partial charge in [0.1, 0.15) is 0 Å². The molecule has 3 atom stereocenters. The van der Waals surface area contributed by atoms with E-state index in [1.54, 1.807) is 0 Å². The lowest BCUT2D eigenvalue weighted by molar-refractivity contribution is 0.212. The molecule has 1 aromatic carbocycles. The van der Waals surface area contributed by atoms with E-state index >= 15 is 0 Å². The van der Waals surface area contributed by atoms with Crippen LogP contribution in [0.15, 0.2) is 27.1 Å². The second-order valence-electron chi connectivity index (χ2n) is 6.20. The lowest BCUT2D eigenvalue weighted by atomic mass is 9.74. The molecular weight excluding hydrogens is 366 g/mol. The van der Waals surface area contributed by atoms with Crippen LogP contribution in [0.5, 0.6) is 0 Å². The zero-order valence-corrected chi connectivity index (χ0v) is 15.1. The Bertz CT molecular complexity index is 431. The van der Waals surface area contributed by atoms with Gasteiger partial charge in [-0.25, -0.2) is 0 Å². The van der Waals surface area contributed by atoms with Crippen molar-refractivity contribution in [1.29, 1.82) is 0 Å². The van der Waals surface area contributed by atoms with Crippen LogP contribution in [0.1, 0.15) is 40.0 Å². The second-order valence-corrected chi connectivity index (χ2v) is 7.97. The fourth-order valence-electron chi connectivity index (χ4n) is 3.18. The van der Waals surface area contributed by atoms with E-state index in [0.717, 1.165) is 26.7 Å². The maximum Gasteiger partial charge on any atom is 0.0498 e. The molecule has 0 heterocycles. The van der Waals surface area contributed by atoms with Gasteiger partial charge in [-0.15, -0.1) is 0 Å². The summed E-state index contributed by atoms with van der Waals surface area (Å²) in [4.78, 5) is 0. The Balaban J connectivity index is 2.16. The minimum atomic E-state index is 0.592. The number of benzene rings is 1. The van der Waals surface area contributed by atoms with E-state index in [4.69, 9.17) is 0 Å². The molecule has 1 aliphatic rings. The van der Waals surface area contributed by atoms with Gasteiger partial charge in [-0.3, -0.25) is 0 Å². The molecule has 1 aromatic rings. The van der Waals surface area contributed by atoms with E-state index < -0.39 is 0 Å². The lowest BCUT2D eigenvalue weighted by Crippen LogP contribution is -2.37. The predicted molar refractivity (Wildman–Crippen MR) is 90.6 cm³/mol. The van der Waals surface area contributed by atoms with Gasteiger partial charge in [-0.2, -0.15) is 0 Å². The van der Waals surface area contributed by atoms with Gasteiger partial charge in [0.15, 0.2) is 0 Å². The number of anilines is 1. The molecular formula is C16H23Br2N. The first-order valence-electron chi connectivity index (χ1n) is 7.19. The van der Waals surface area contributed by atoms with Crippen molar-refractivity contribution >= 4 is 37.5 Å². The van der Waals surface area contributed by atoms with Gasteiger partial charge in [0, 0.05) is 20.7 Å². The highest BCUT2D eigenvalue weighted by atomic mass is 79.9. The van der Waals surface area contributed by atoms with Crippen molar-refractivity contribution in [3.63, 3.8) is 0 Å². The van der Waals surface area contributed by atoms with Gasteiger partial charge >= 0.3 is 0 Å². The molecule has 1 N–H and O–H groups in total. The SMILES string of the molecule is CC1CCC(C(C)C)C(Nc2cc(Br)ccc2Br)C1. The fraction of sp³-hybridized carbons (Fsp3) is 0.625. The minimum absolute atomic E-state index is 0.592. The molecule has 1 saturated carbocycles. The quantitative estimate of drug-likeness (QED) is 0.660. The van der Waals surface area contributed by atoms with E-state index in [0.29, 0.717) is 6.04 Å². The third kappa shape index (κ3) is 3.98. The summed E-state index contributed by atoms with van der Waals surface area (Å²) < 4.78 is 2.28. The standard InChI is InChI=1S/C16H23Br2N/c1-10(2)13-6-4-11(3)8-15(13)19-16-9-12(17)5-7-14(16)18/h5,7,9-11,13,15,19H,4,6,8H2,1-3H3. The van der Waals surface area contributed by atoms with E-state index in [2.05, 4.69) is 76.1 Å². The maximum atomic E-state index is 3.77. The van der Waals surface area contributed by atoms with Crippen LogP contribution in [0.2, 0.25) is 0 Å². The summed E-state index contributed by atoms with van der Waals surface area (Å²) in [5.41, 5.74) is 1.21. The molecule has 2 rings (SSSR count). The smallest absolute Gasteiger partial charge is 0.0498 e. The third-order valence-corrected chi connectivity index (χ3v) is 5.48. The molecule has 3 heteroatoms. The number of halogens is 2. The molecule has 0 saturated heterocycles. The average Bonchev–Trinajstić information content (AvgIpc) is 2.33. The molecule has 106 valence electrons. The number of nitrogens with one attached hydrogen (secondary N) is 1. The summed E-state index contributed by atoms with van der Waals surface area (Å²) in [5, 5.41) is 3.77. The van der Waals surface area contributed by atoms with Crippen molar-refractivity contribution in [2.45, 2.75) is 46.1 Å². The largest absolute Gasteiger partial charge is 0.381 e. The van der Waals surface area contributed by atoms with E-state index in [1.165, 1.54) is 24.9 Å². The molecule has 0 aromatic heterocycles. The van der Waals surface area contributed by atoms with Gasteiger partial charge in [0.05, 0.1) is 0 Å². The van der Waals surface area contributed by atoms with Crippen molar-refractivity contribution in [3.8, 4) is 0 Å². The molecule has 0 aliphatic heterocycles. The van der Waals surface area contributed by atoms with Crippen LogP contribution < -0.4 is 5.32 Å². The minimum Gasteiger partial charge on any atom is -0.381 e. The number of rotatable bonds is 3. The zero-order chi connectivity index (χ0) is 14.0. The topological polar surface area (TPSA) is 12.0 Å². The fourth-order valence-corrected chi connectivity index (χ4v) is 3.90. The third-order valence-electron chi connectivity index (χ3n) is 4.29. The van der Waals surface area contributed by atoms with Crippen LogP contribution >= 0.6 is 31.9 Å². The predicted octanol–water partition coefficient (Wildman–Crippen LogP) is 6.08. The van der Waals surface area contributed by atoms with Crippen molar-refractivity contribution in [2.75, 3.05) is 5.32 Å². The summed E-state index contributed by atoms with van der Waals surface area (Å²) in [6.07, 6.45) is 4.00. The summed E-state index contributed by atoms with van der Waals surface area (Å²) in [5.74, 6) is 2.36. The highest BCUT2D eigenvalue weighted by Gasteiger charge is 2.30. The highest BCUT2D eigenvalue weighted by molar-refractivity contribution is 9.11. The summed E-state index contributed by atoms with van der Waals surface area (Å²) in [6.45, 7) is 7.08. The molecule has 19 heavy (non-hydrogen) atoms. The lowest BCUT2D eigenvalue weighted by Gasteiger charge is -2.38. The number of hydrogen-bond acceptors (Lipinski definition) is 1. The van der Waals surface area contributed by atoms with Gasteiger partial charge in [0.2, 0.25) is 0 Å².